The molecule has 0 saturated carbocycles. The number of rotatable bonds is 6. The maximum atomic E-state index is 12.8. The molecule has 30 heavy (non-hydrogen) atoms. The number of nitrogens with one attached hydrogen (secondary N) is 1. The number of aryl methyl sites for hydroxylation is 1. The molecule has 160 valence electrons. The number of ether oxygens (including phenoxy) is 1. The zero-order valence-corrected chi connectivity index (χ0v) is 18.3. The smallest absolute Gasteiger partial charge is 0.263 e. The van der Waals surface area contributed by atoms with E-state index < -0.39 is 0 Å². The van der Waals surface area contributed by atoms with Gasteiger partial charge in [0.2, 0.25) is 0 Å². The van der Waals surface area contributed by atoms with E-state index in [1.807, 2.05) is 18.2 Å². The number of hydrogen-bond acceptors (Lipinski definition) is 6. The molecule has 0 saturated heterocycles. The van der Waals surface area contributed by atoms with E-state index in [1.165, 1.54) is 4.57 Å². The van der Waals surface area contributed by atoms with Crippen LogP contribution in [0, 0.1) is 6.92 Å². The lowest BCUT2D eigenvalue weighted by molar-refractivity contribution is 0.0937. The molecule has 1 aromatic heterocycles. The number of benzene rings is 1. The molecule has 3 rings (SSSR count). The van der Waals surface area contributed by atoms with Crippen molar-refractivity contribution in [3.8, 4) is 5.75 Å². The molecule has 0 fully saturated rings. The van der Waals surface area contributed by atoms with Crippen LogP contribution in [0.1, 0.15) is 38.8 Å². The van der Waals surface area contributed by atoms with Crippen LogP contribution in [-0.2, 0) is 11.8 Å². The summed E-state index contributed by atoms with van der Waals surface area (Å²) >= 11 is 1.74. The van der Waals surface area contributed by atoms with Crippen LogP contribution in [0.25, 0.3) is 0 Å². The predicted octanol–water partition coefficient (Wildman–Crippen LogP) is 2.44. The summed E-state index contributed by atoms with van der Waals surface area (Å²) in [6.07, 6.45) is 0.505. The largest absolute Gasteiger partial charge is 0.507 e. The molecule has 0 aliphatic carbocycles. The first kappa shape index (κ1) is 22.1. The summed E-state index contributed by atoms with van der Waals surface area (Å²) < 4.78 is 6.49. The Morgan fingerprint density at radius 1 is 1.40 bits per heavy atom. The number of hydrogen-bond donors (Lipinski definition) is 2. The summed E-state index contributed by atoms with van der Waals surface area (Å²) in [6.45, 7) is 3.26. The fraction of sp³-hybridized carbons (Fsp3) is 0.409. The van der Waals surface area contributed by atoms with Crippen LogP contribution in [-0.4, -0.2) is 53.9 Å². The Labute approximate surface area is 180 Å². The van der Waals surface area contributed by atoms with Gasteiger partial charge in [0.1, 0.15) is 11.3 Å². The minimum Gasteiger partial charge on any atom is -0.507 e. The number of aromatic nitrogens is 1. The van der Waals surface area contributed by atoms with Gasteiger partial charge < -0.3 is 19.7 Å². The summed E-state index contributed by atoms with van der Waals surface area (Å²) in [5, 5.41) is 13.3. The summed E-state index contributed by atoms with van der Waals surface area (Å²) in [6, 6.07) is 9.11. The molecule has 1 aliphatic heterocycles. The van der Waals surface area contributed by atoms with Gasteiger partial charge in [-0.2, -0.15) is 11.8 Å². The SMILES string of the molecule is COCCNC(=O)c1cccc(C2CC(c3c(O)cc(C)n(C)c3=O)=NCCS2)c1. The van der Waals surface area contributed by atoms with Crippen molar-refractivity contribution in [3.05, 3.63) is 63.1 Å². The average molecular weight is 430 g/mol. The number of nitrogens with zero attached hydrogens (tertiary/aromatic N) is 2. The van der Waals surface area contributed by atoms with Gasteiger partial charge in [0.05, 0.1) is 12.3 Å². The van der Waals surface area contributed by atoms with Gasteiger partial charge in [-0.25, -0.2) is 0 Å². The van der Waals surface area contributed by atoms with Crippen LogP contribution in [0.15, 0.2) is 40.1 Å². The Morgan fingerprint density at radius 2 is 2.20 bits per heavy atom. The van der Waals surface area contributed by atoms with E-state index in [2.05, 4.69) is 10.3 Å². The van der Waals surface area contributed by atoms with Crippen molar-refractivity contribution in [1.82, 2.24) is 9.88 Å². The Balaban J connectivity index is 1.87. The van der Waals surface area contributed by atoms with Crippen LogP contribution in [0.5, 0.6) is 5.75 Å². The van der Waals surface area contributed by atoms with Gasteiger partial charge in [-0.3, -0.25) is 14.6 Å². The molecule has 2 N–H and O–H groups in total. The lowest BCUT2D eigenvalue weighted by Crippen LogP contribution is -2.27. The molecule has 2 aromatic rings. The highest BCUT2D eigenvalue weighted by Gasteiger charge is 2.24. The van der Waals surface area contributed by atoms with E-state index in [0.29, 0.717) is 43.1 Å². The number of methoxy groups -OCH3 is 1. The van der Waals surface area contributed by atoms with Crippen LogP contribution in [0.2, 0.25) is 0 Å². The molecule has 8 heteroatoms. The van der Waals surface area contributed by atoms with Gasteiger partial charge in [0, 0.05) is 62.0 Å². The van der Waals surface area contributed by atoms with Gasteiger partial charge in [-0.15, -0.1) is 0 Å². The molecule has 1 unspecified atom stereocenters. The third-order valence-electron chi connectivity index (χ3n) is 5.14. The van der Waals surface area contributed by atoms with E-state index >= 15 is 0 Å². The Bertz CT molecular complexity index is 1020. The molecule has 0 bridgehead atoms. The van der Waals surface area contributed by atoms with Crippen molar-refractivity contribution in [2.45, 2.75) is 18.6 Å². The first-order chi connectivity index (χ1) is 14.4. The number of carbonyl (C=O) groups is 1. The number of carbonyl (C=O) groups excluding carboxylic acids is 1. The van der Waals surface area contributed by atoms with Gasteiger partial charge in [-0.05, 0) is 24.6 Å². The van der Waals surface area contributed by atoms with Gasteiger partial charge in [0.15, 0.2) is 0 Å². The van der Waals surface area contributed by atoms with E-state index in [4.69, 9.17) is 4.74 Å². The van der Waals surface area contributed by atoms with E-state index in [-0.39, 0.29) is 28.0 Å². The maximum Gasteiger partial charge on any atom is 0.263 e. The zero-order valence-electron chi connectivity index (χ0n) is 17.5. The Morgan fingerprint density at radius 3 is 2.97 bits per heavy atom. The van der Waals surface area contributed by atoms with Crippen molar-refractivity contribution >= 4 is 23.4 Å². The molecule has 0 radical (unpaired) electrons. The van der Waals surface area contributed by atoms with Gasteiger partial charge >= 0.3 is 0 Å². The molecule has 7 nitrogen and oxygen atoms in total. The monoisotopic (exact) mass is 429 g/mol. The zero-order chi connectivity index (χ0) is 21.7. The number of thioether (sulfide) groups is 1. The third kappa shape index (κ3) is 4.94. The first-order valence-electron chi connectivity index (χ1n) is 9.84. The highest BCUT2D eigenvalue weighted by molar-refractivity contribution is 7.99. The van der Waals surface area contributed by atoms with Crippen LogP contribution in [0.4, 0.5) is 0 Å². The minimum atomic E-state index is -0.247. The fourth-order valence-corrected chi connectivity index (χ4v) is 4.49. The fourth-order valence-electron chi connectivity index (χ4n) is 3.39. The topological polar surface area (TPSA) is 92.9 Å². The van der Waals surface area contributed by atoms with Gasteiger partial charge in [-0.1, -0.05) is 12.1 Å². The maximum absolute atomic E-state index is 12.8. The second kappa shape index (κ2) is 9.95. The van der Waals surface area contributed by atoms with E-state index in [9.17, 15) is 14.7 Å². The highest BCUT2D eigenvalue weighted by atomic mass is 32.2. The molecular formula is C22H27N3O4S. The first-order valence-corrected chi connectivity index (χ1v) is 10.9. The number of aromatic hydroxyl groups is 1. The van der Waals surface area contributed by atoms with Crippen molar-refractivity contribution in [3.63, 3.8) is 0 Å². The number of aliphatic imine (C=N–C) groups is 1. The lowest BCUT2D eigenvalue weighted by atomic mass is 9.99. The molecule has 2 heterocycles. The molecule has 1 aliphatic rings. The number of amides is 1. The van der Waals surface area contributed by atoms with Crippen molar-refractivity contribution in [2.24, 2.45) is 12.0 Å². The Kier molecular flexibility index (Phi) is 7.33. The van der Waals surface area contributed by atoms with E-state index in [1.54, 1.807) is 45.0 Å². The van der Waals surface area contributed by atoms with Crippen molar-refractivity contribution in [2.75, 3.05) is 32.6 Å². The van der Waals surface area contributed by atoms with Gasteiger partial charge in [0.25, 0.3) is 11.5 Å². The quantitative estimate of drug-likeness (QED) is 0.688. The van der Waals surface area contributed by atoms with E-state index in [0.717, 1.165) is 11.3 Å². The molecule has 1 atom stereocenters. The average Bonchev–Trinajstić information content (AvgIpc) is 2.98. The molecule has 1 aromatic carbocycles. The highest BCUT2D eigenvalue weighted by Crippen LogP contribution is 2.36. The summed E-state index contributed by atoms with van der Waals surface area (Å²) in [5.74, 6) is 0.614. The second-order valence-corrected chi connectivity index (χ2v) is 8.49. The molecular weight excluding hydrogens is 402 g/mol. The van der Waals surface area contributed by atoms with Crippen LogP contribution >= 0.6 is 11.8 Å². The Hall–Kier alpha value is -2.58. The van der Waals surface area contributed by atoms with Crippen molar-refractivity contribution in [1.29, 1.82) is 0 Å². The lowest BCUT2D eigenvalue weighted by Gasteiger charge is -2.17. The predicted molar refractivity (Wildman–Crippen MR) is 120 cm³/mol. The summed E-state index contributed by atoms with van der Waals surface area (Å²) in [4.78, 5) is 29.8. The summed E-state index contributed by atoms with van der Waals surface area (Å²) in [7, 11) is 3.28. The van der Waals surface area contributed by atoms with Crippen LogP contribution < -0.4 is 10.9 Å². The molecule has 1 amide bonds. The summed E-state index contributed by atoms with van der Waals surface area (Å²) in [5.41, 5.74) is 2.90. The number of pyridine rings is 1. The van der Waals surface area contributed by atoms with Crippen molar-refractivity contribution < 1.29 is 14.6 Å². The third-order valence-corrected chi connectivity index (χ3v) is 6.40. The standard InChI is InChI=1S/C22H27N3O4S/c1-14-11-18(26)20(22(28)25(14)2)17-13-19(30-10-8-23-17)15-5-4-6-16(12-15)21(27)24-7-9-29-3/h4-6,11-12,19,26H,7-10,13H2,1-3H3,(H,24,27). The molecule has 0 spiro atoms. The minimum absolute atomic E-state index is 0.0309. The normalized spacial score (nSPS) is 16.6. The van der Waals surface area contributed by atoms with Crippen LogP contribution in [0.3, 0.4) is 0 Å². The second-order valence-electron chi connectivity index (χ2n) is 7.18.